The Labute approximate surface area is 119 Å². The van der Waals surface area contributed by atoms with E-state index in [1.165, 1.54) is 17.7 Å². The Balaban J connectivity index is 2.04. The van der Waals surface area contributed by atoms with Crippen LogP contribution in [0.15, 0.2) is 42.5 Å². The van der Waals surface area contributed by atoms with Gasteiger partial charge in [-0.3, -0.25) is 0 Å². The summed E-state index contributed by atoms with van der Waals surface area (Å²) in [5, 5.41) is 3.43. The fraction of sp³-hybridized carbons (Fsp3) is 0.294. The van der Waals surface area contributed by atoms with Gasteiger partial charge in [0.05, 0.1) is 7.11 Å². The number of aryl methyl sites for hydroxylation is 1. The fourth-order valence-corrected chi connectivity index (χ4v) is 2.18. The zero-order valence-corrected chi connectivity index (χ0v) is 12.1. The van der Waals surface area contributed by atoms with Crippen molar-refractivity contribution in [2.45, 2.75) is 26.4 Å². The van der Waals surface area contributed by atoms with Crippen molar-refractivity contribution < 1.29 is 9.13 Å². The average Bonchev–Trinajstić information content (AvgIpc) is 2.45. The number of rotatable bonds is 5. The van der Waals surface area contributed by atoms with E-state index in [9.17, 15) is 4.39 Å². The minimum absolute atomic E-state index is 0.154. The number of halogens is 1. The Bertz CT molecular complexity index is 566. The molecule has 3 heteroatoms. The van der Waals surface area contributed by atoms with Gasteiger partial charge in [0.25, 0.3) is 0 Å². The fourth-order valence-electron chi connectivity index (χ4n) is 2.18. The minimum atomic E-state index is -0.207. The zero-order chi connectivity index (χ0) is 14.5. The van der Waals surface area contributed by atoms with Gasteiger partial charge >= 0.3 is 0 Å². The van der Waals surface area contributed by atoms with Gasteiger partial charge in [-0.1, -0.05) is 29.8 Å². The van der Waals surface area contributed by atoms with Crippen LogP contribution in [0.1, 0.15) is 29.7 Å². The van der Waals surface area contributed by atoms with Crippen molar-refractivity contribution in [1.82, 2.24) is 5.32 Å². The number of nitrogens with one attached hydrogen (secondary N) is 1. The first kappa shape index (κ1) is 14.5. The molecular weight excluding hydrogens is 253 g/mol. The highest BCUT2D eigenvalue weighted by atomic mass is 19.1. The van der Waals surface area contributed by atoms with Crippen molar-refractivity contribution in [2.75, 3.05) is 7.11 Å². The van der Waals surface area contributed by atoms with E-state index in [0.717, 1.165) is 16.9 Å². The summed E-state index contributed by atoms with van der Waals surface area (Å²) in [5.74, 6) is 0.677. The lowest BCUT2D eigenvalue weighted by atomic mass is 10.1. The highest BCUT2D eigenvalue weighted by Gasteiger charge is 2.08. The lowest BCUT2D eigenvalue weighted by Crippen LogP contribution is -2.18. The van der Waals surface area contributed by atoms with Gasteiger partial charge in [-0.05, 0) is 37.6 Å². The van der Waals surface area contributed by atoms with Crippen LogP contribution in [0.4, 0.5) is 4.39 Å². The average molecular weight is 273 g/mol. The van der Waals surface area contributed by atoms with E-state index >= 15 is 0 Å². The molecule has 20 heavy (non-hydrogen) atoms. The van der Waals surface area contributed by atoms with Crippen molar-refractivity contribution in [1.29, 1.82) is 0 Å². The van der Waals surface area contributed by atoms with Crippen molar-refractivity contribution in [3.05, 3.63) is 65.0 Å². The first-order valence-electron chi connectivity index (χ1n) is 6.72. The molecule has 0 unspecified atom stereocenters. The Kier molecular flexibility index (Phi) is 4.74. The Morgan fingerprint density at radius 1 is 1.15 bits per heavy atom. The van der Waals surface area contributed by atoms with Gasteiger partial charge in [-0.15, -0.1) is 0 Å². The van der Waals surface area contributed by atoms with E-state index in [1.54, 1.807) is 19.2 Å². The van der Waals surface area contributed by atoms with Crippen molar-refractivity contribution >= 4 is 0 Å². The summed E-state index contributed by atoms with van der Waals surface area (Å²) >= 11 is 0. The summed E-state index contributed by atoms with van der Waals surface area (Å²) in [6, 6.07) is 12.9. The van der Waals surface area contributed by atoms with E-state index in [2.05, 4.69) is 25.2 Å². The summed E-state index contributed by atoms with van der Waals surface area (Å²) < 4.78 is 18.3. The summed E-state index contributed by atoms with van der Waals surface area (Å²) in [5.41, 5.74) is 3.40. The standard InChI is InChI=1S/C17H20FNO/c1-12-4-9-17(20-3)15(10-12)11-19-13(2)14-5-7-16(18)8-6-14/h4-10,13,19H,11H2,1-3H3/t13-/m0/s1. The topological polar surface area (TPSA) is 21.3 Å². The van der Waals surface area contributed by atoms with E-state index in [0.29, 0.717) is 6.54 Å². The molecule has 0 saturated heterocycles. The quantitative estimate of drug-likeness (QED) is 0.889. The maximum Gasteiger partial charge on any atom is 0.123 e. The second kappa shape index (κ2) is 6.53. The minimum Gasteiger partial charge on any atom is -0.496 e. The molecule has 2 aromatic carbocycles. The summed E-state index contributed by atoms with van der Waals surface area (Å²) in [7, 11) is 1.68. The SMILES string of the molecule is COc1ccc(C)cc1CN[C@@H](C)c1ccc(F)cc1. The molecule has 0 saturated carbocycles. The van der Waals surface area contributed by atoms with Crippen LogP contribution < -0.4 is 10.1 Å². The van der Waals surface area contributed by atoms with E-state index in [4.69, 9.17) is 4.74 Å². The summed E-state index contributed by atoms with van der Waals surface area (Å²) in [4.78, 5) is 0. The van der Waals surface area contributed by atoms with E-state index < -0.39 is 0 Å². The molecule has 0 spiro atoms. The first-order valence-corrected chi connectivity index (χ1v) is 6.72. The lowest BCUT2D eigenvalue weighted by molar-refractivity contribution is 0.406. The maximum absolute atomic E-state index is 12.9. The third-order valence-corrected chi connectivity index (χ3v) is 3.40. The van der Waals surface area contributed by atoms with Crippen LogP contribution in [0.2, 0.25) is 0 Å². The van der Waals surface area contributed by atoms with Crippen LogP contribution >= 0.6 is 0 Å². The van der Waals surface area contributed by atoms with Crippen molar-refractivity contribution in [3.8, 4) is 5.75 Å². The molecule has 2 aromatic rings. The van der Waals surface area contributed by atoms with E-state index in [-0.39, 0.29) is 11.9 Å². The molecule has 0 fully saturated rings. The van der Waals surface area contributed by atoms with Crippen LogP contribution in [-0.2, 0) is 6.54 Å². The molecule has 2 rings (SSSR count). The third-order valence-electron chi connectivity index (χ3n) is 3.40. The number of benzene rings is 2. The third kappa shape index (κ3) is 3.58. The number of hydrogen-bond acceptors (Lipinski definition) is 2. The molecule has 106 valence electrons. The molecule has 0 aliphatic heterocycles. The summed E-state index contributed by atoms with van der Waals surface area (Å²) in [6.45, 7) is 4.84. The lowest BCUT2D eigenvalue weighted by Gasteiger charge is -2.16. The van der Waals surface area contributed by atoms with Gasteiger partial charge in [0.15, 0.2) is 0 Å². The Morgan fingerprint density at radius 3 is 2.50 bits per heavy atom. The first-order chi connectivity index (χ1) is 9.60. The molecule has 0 aliphatic carbocycles. The van der Waals surface area contributed by atoms with Crippen LogP contribution in [0.3, 0.4) is 0 Å². The smallest absolute Gasteiger partial charge is 0.123 e. The van der Waals surface area contributed by atoms with Gasteiger partial charge in [0.2, 0.25) is 0 Å². The van der Waals surface area contributed by atoms with Crippen molar-refractivity contribution in [2.24, 2.45) is 0 Å². The van der Waals surface area contributed by atoms with Crippen LogP contribution in [0.25, 0.3) is 0 Å². The molecule has 0 radical (unpaired) electrons. The Morgan fingerprint density at radius 2 is 1.85 bits per heavy atom. The molecule has 0 aromatic heterocycles. The predicted octanol–water partition coefficient (Wildman–Crippen LogP) is 3.99. The van der Waals surface area contributed by atoms with Crippen LogP contribution in [0, 0.1) is 12.7 Å². The maximum atomic E-state index is 12.9. The number of methoxy groups -OCH3 is 1. The van der Waals surface area contributed by atoms with Gasteiger partial charge in [-0.25, -0.2) is 4.39 Å². The molecule has 1 atom stereocenters. The molecule has 0 aliphatic rings. The molecule has 0 heterocycles. The highest BCUT2D eigenvalue weighted by molar-refractivity contribution is 5.36. The predicted molar refractivity (Wildman–Crippen MR) is 79.4 cm³/mol. The molecule has 2 nitrogen and oxygen atoms in total. The van der Waals surface area contributed by atoms with Gasteiger partial charge in [0.1, 0.15) is 11.6 Å². The molecule has 0 bridgehead atoms. The number of hydrogen-bond donors (Lipinski definition) is 1. The molecular formula is C17H20FNO. The van der Waals surface area contributed by atoms with Gasteiger partial charge < -0.3 is 10.1 Å². The normalized spacial score (nSPS) is 12.2. The highest BCUT2D eigenvalue weighted by Crippen LogP contribution is 2.21. The van der Waals surface area contributed by atoms with Gasteiger partial charge in [-0.2, -0.15) is 0 Å². The zero-order valence-electron chi connectivity index (χ0n) is 12.1. The number of ether oxygens (including phenoxy) is 1. The largest absolute Gasteiger partial charge is 0.496 e. The molecule has 0 amide bonds. The van der Waals surface area contributed by atoms with Crippen LogP contribution in [0.5, 0.6) is 5.75 Å². The van der Waals surface area contributed by atoms with Crippen molar-refractivity contribution in [3.63, 3.8) is 0 Å². The Hall–Kier alpha value is -1.87. The second-order valence-corrected chi connectivity index (χ2v) is 4.97. The van der Waals surface area contributed by atoms with Gasteiger partial charge in [0, 0.05) is 18.2 Å². The molecule has 1 N–H and O–H groups in total. The van der Waals surface area contributed by atoms with Crippen LogP contribution in [-0.4, -0.2) is 7.11 Å². The summed E-state index contributed by atoms with van der Waals surface area (Å²) in [6.07, 6.45) is 0. The van der Waals surface area contributed by atoms with E-state index in [1.807, 2.05) is 12.1 Å². The monoisotopic (exact) mass is 273 g/mol. The second-order valence-electron chi connectivity index (χ2n) is 4.97.